The Morgan fingerprint density at radius 1 is 0.750 bits per heavy atom. The van der Waals surface area contributed by atoms with Crippen molar-refractivity contribution in [3.8, 4) is 0 Å². The van der Waals surface area contributed by atoms with Crippen LogP contribution in [-0.2, 0) is 49.5 Å². The molecule has 0 spiro atoms. The van der Waals surface area contributed by atoms with Gasteiger partial charge in [0.15, 0.2) is 0 Å². The number of methoxy groups -OCH3 is 1. The topological polar surface area (TPSA) is 175 Å². The zero-order chi connectivity index (χ0) is 36.9. The van der Waals surface area contributed by atoms with E-state index < -0.39 is 77.5 Å². The third-order valence-corrected chi connectivity index (χ3v) is 6.62. The fraction of sp³-hybridized carbons (Fsp3) is 0.657. The Balaban J connectivity index is 3.75. The van der Waals surface area contributed by atoms with E-state index in [1.165, 1.54) is 0 Å². The summed E-state index contributed by atoms with van der Waals surface area (Å²) in [6.07, 6.45) is -1.73. The lowest BCUT2D eigenvalue weighted by Gasteiger charge is -2.34. The zero-order valence-corrected chi connectivity index (χ0v) is 30.3. The van der Waals surface area contributed by atoms with E-state index in [4.69, 9.17) is 18.9 Å². The molecule has 3 N–H and O–H groups in total. The number of ether oxygens (including phenoxy) is 4. The molecular formula is C35H55N3O10. The van der Waals surface area contributed by atoms with Crippen molar-refractivity contribution in [1.29, 1.82) is 0 Å². The summed E-state index contributed by atoms with van der Waals surface area (Å²) in [5.41, 5.74) is -3.71. The summed E-state index contributed by atoms with van der Waals surface area (Å²) >= 11 is 0. The van der Waals surface area contributed by atoms with Gasteiger partial charge in [0.25, 0.3) is 5.91 Å². The quantitative estimate of drug-likeness (QED) is 0.130. The molecule has 0 bridgehead atoms. The molecule has 3 atom stereocenters. The smallest absolute Gasteiger partial charge is 0.408 e. The molecular weight excluding hydrogens is 622 g/mol. The number of nitrogens with one attached hydrogen (secondary N) is 3. The highest BCUT2D eigenvalue weighted by Gasteiger charge is 2.51. The molecule has 0 radical (unpaired) electrons. The number of hydrogen-bond donors (Lipinski definition) is 3. The van der Waals surface area contributed by atoms with E-state index >= 15 is 0 Å². The lowest BCUT2D eigenvalue weighted by molar-refractivity contribution is -0.163. The SMILES string of the molecule is COC(=O)[C@H](CC(C)C)NC(=O)C(CCC(=O)OC(C)(C)C)(NC(=O)[C@H](CC(C)C)NC(=O)OC(C)(C)C)C(=O)OCc1ccccc1. The molecule has 0 aliphatic rings. The van der Waals surface area contributed by atoms with E-state index in [1.54, 1.807) is 71.9 Å². The first-order valence-electron chi connectivity index (χ1n) is 16.2. The van der Waals surface area contributed by atoms with E-state index in [9.17, 15) is 28.8 Å². The Hall–Kier alpha value is -4.16. The van der Waals surface area contributed by atoms with E-state index in [2.05, 4.69) is 16.0 Å². The molecule has 270 valence electrons. The van der Waals surface area contributed by atoms with Crippen LogP contribution >= 0.6 is 0 Å². The number of carbonyl (C=O) groups is 6. The number of alkyl carbamates (subject to hydrolysis) is 1. The van der Waals surface area contributed by atoms with E-state index in [0.717, 1.165) is 7.11 Å². The number of hydrogen-bond acceptors (Lipinski definition) is 10. The summed E-state index contributed by atoms with van der Waals surface area (Å²) in [5.74, 6) is -4.93. The average Bonchev–Trinajstić information content (AvgIpc) is 2.94. The van der Waals surface area contributed by atoms with Crippen LogP contribution in [-0.4, -0.2) is 71.8 Å². The fourth-order valence-corrected chi connectivity index (χ4v) is 4.57. The summed E-state index contributed by atoms with van der Waals surface area (Å²) in [6.45, 7) is 17.0. The lowest BCUT2D eigenvalue weighted by atomic mass is 9.89. The van der Waals surface area contributed by atoms with Crippen LogP contribution in [0.25, 0.3) is 0 Å². The van der Waals surface area contributed by atoms with Gasteiger partial charge in [-0.05, 0) is 71.8 Å². The zero-order valence-electron chi connectivity index (χ0n) is 30.3. The van der Waals surface area contributed by atoms with Crippen LogP contribution in [0.1, 0.15) is 100 Å². The lowest BCUT2D eigenvalue weighted by Crippen LogP contribution is -2.68. The first kappa shape index (κ1) is 41.9. The predicted octanol–water partition coefficient (Wildman–Crippen LogP) is 4.35. The third kappa shape index (κ3) is 15.2. The van der Waals surface area contributed by atoms with Crippen LogP contribution in [0.5, 0.6) is 0 Å². The molecule has 1 unspecified atom stereocenters. The molecule has 0 aromatic heterocycles. The molecule has 48 heavy (non-hydrogen) atoms. The summed E-state index contributed by atoms with van der Waals surface area (Å²) < 4.78 is 21.3. The van der Waals surface area contributed by atoms with E-state index in [1.807, 2.05) is 27.7 Å². The van der Waals surface area contributed by atoms with Gasteiger partial charge in [-0.25, -0.2) is 14.4 Å². The van der Waals surface area contributed by atoms with Gasteiger partial charge in [-0.3, -0.25) is 14.4 Å². The second-order valence-corrected chi connectivity index (χ2v) is 14.5. The molecule has 1 aromatic carbocycles. The summed E-state index contributed by atoms with van der Waals surface area (Å²) in [6, 6.07) is 6.19. The second-order valence-electron chi connectivity index (χ2n) is 14.5. The van der Waals surface area contributed by atoms with Crippen molar-refractivity contribution in [3.63, 3.8) is 0 Å². The van der Waals surface area contributed by atoms with Gasteiger partial charge in [-0.1, -0.05) is 58.0 Å². The Morgan fingerprint density at radius 2 is 1.29 bits per heavy atom. The minimum absolute atomic E-state index is 0.0846. The maximum Gasteiger partial charge on any atom is 0.408 e. The van der Waals surface area contributed by atoms with Crippen LogP contribution in [0.4, 0.5) is 4.79 Å². The molecule has 0 saturated heterocycles. The van der Waals surface area contributed by atoms with Crippen LogP contribution < -0.4 is 16.0 Å². The van der Waals surface area contributed by atoms with Crippen molar-refractivity contribution in [3.05, 3.63) is 35.9 Å². The number of benzene rings is 1. The molecule has 1 aromatic rings. The van der Waals surface area contributed by atoms with Gasteiger partial charge in [0.1, 0.15) is 29.9 Å². The third-order valence-electron chi connectivity index (χ3n) is 6.62. The first-order chi connectivity index (χ1) is 22.1. The maximum absolute atomic E-state index is 14.3. The second kappa shape index (κ2) is 18.4. The molecule has 1 rings (SSSR count). The average molecular weight is 678 g/mol. The van der Waals surface area contributed by atoms with Gasteiger partial charge in [-0.2, -0.15) is 0 Å². The number of amides is 3. The standard InChI is InChI=1S/C35H55N3O10/c1-22(2)19-25(37-32(44)48-34(8,9)10)28(40)38-35(18-17-27(39)47-33(5,6)7,31(43)46-21-24-15-13-12-14-16-24)30(42)36-26(20-23(3)4)29(41)45-11/h12-16,22-23,25-26H,17-21H2,1-11H3,(H,36,42)(H,37,44)(H,38,40)/t25-,26-,35?/m0/s1. The fourth-order valence-electron chi connectivity index (χ4n) is 4.57. The number of rotatable bonds is 16. The minimum Gasteiger partial charge on any atom is -0.467 e. The molecule has 3 amide bonds. The molecule has 0 aliphatic heterocycles. The monoisotopic (exact) mass is 677 g/mol. The van der Waals surface area contributed by atoms with Crippen LogP contribution in [0.15, 0.2) is 30.3 Å². The Bertz CT molecular complexity index is 1250. The number of esters is 3. The predicted molar refractivity (Wildman–Crippen MR) is 178 cm³/mol. The van der Waals surface area contributed by atoms with Crippen molar-refractivity contribution < 1.29 is 47.7 Å². The molecule has 0 saturated carbocycles. The van der Waals surface area contributed by atoms with Crippen LogP contribution in [0.2, 0.25) is 0 Å². The van der Waals surface area contributed by atoms with E-state index in [0.29, 0.717) is 5.56 Å². The summed E-state index contributed by atoms with van der Waals surface area (Å²) in [5, 5.41) is 7.60. The van der Waals surface area contributed by atoms with Gasteiger partial charge in [0, 0.05) is 12.8 Å². The van der Waals surface area contributed by atoms with Crippen molar-refractivity contribution in [2.75, 3.05) is 7.11 Å². The highest BCUT2D eigenvalue weighted by Crippen LogP contribution is 2.22. The normalized spacial score (nSPS) is 14.2. The van der Waals surface area contributed by atoms with Gasteiger partial charge in [0.2, 0.25) is 11.4 Å². The summed E-state index contributed by atoms with van der Waals surface area (Å²) in [7, 11) is 1.16. The highest BCUT2D eigenvalue weighted by molar-refractivity contribution is 6.11. The minimum atomic E-state index is -2.54. The largest absolute Gasteiger partial charge is 0.467 e. The molecule has 13 nitrogen and oxygen atoms in total. The van der Waals surface area contributed by atoms with Crippen molar-refractivity contribution >= 4 is 35.8 Å². The Labute approximate surface area is 284 Å². The molecule has 0 heterocycles. The van der Waals surface area contributed by atoms with Crippen molar-refractivity contribution in [2.45, 2.75) is 130 Å². The molecule has 13 heteroatoms. The van der Waals surface area contributed by atoms with Gasteiger partial charge >= 0.3 is 24.0 Å². The van der Waals surface area contributed by atoms with Crippen molar-refractivity contribution in [1.82, 2.24) is 16.0 Å². The Kier molecular flexibility index (Phi) is 16.0. The van der Waals surface area contributed by atoms with Gasteiger partial charge in [-0.15, -0.1) is 0 Å². The van der Waals surface area contributed by atoms with Gasteiger partial charge < -0.3 is 34.9 Å². The first-order valence-corrected chi connectivity index (χ1v) is 16.2. The van der Waals surface area contributed by atoms with E-state index in [-0.39, 0.29) is 31.3 Å². The maximum atomic E-state index is 14.3. The number of carbonyl (C=O) groups excluding carboxylic acids is 6. The van der Waals surface area contributed by atoms with Crippen molar-refractivity contribution in [2.24, 2.45) is 11.8 Å². The molecule has 0 fully saturated rings. The molecule has 0 aliphatic carbocycles. The van der Waals surface area contributed by atoms with Crippen LogP contribution in [0, 0.1) is 11.8 Å². The van der Waals surface area contributed by atoms with Gasteiger partial charge in [0.05, 0.1) is 7.11 Å². The van der Waals surface area contributed by atoms with Crippen LogP contribution in [0.3, 0.4) is 0 Å². The summed E-state index contributed by atoms with van der Waals surface area (Å²) in [4.78, 5) is 80.9. The highest BCUT2D eigenvalue weighted by atomic mass is 16.6. The Morgan fingerprint density at radius 3 is 1.79 bits per heavy atom.